The van der Waals surface area contributed by atoms with Crippen LogP contribution in [0.4, 0.5) is 5.69 Å². The third kappa shape index (κ3) is 4.12. The largest absolute Gasteiger partial charge is 0.497 e. The van der Waals surface area contributed by atoms with Crippen molar-refractivity contribution < 1.29 is 14.3 Å². The lowest BCUT2D eigenvalue weighted by Gasteiger charge is -2.31. The van der Waals surface area contributed by atoms with E-state index in [2.05, 4.69) is 12.1 Å². The number of hydrogen-bond donors (Lipinski definition) is 0. The Kier molecular flexibility index (Phi) is 5.87. The molecule has 0 N–H and O–H groups in total. The minimum Gasteiger partial charge on any atom is -0.497 e. The van der Waals surface area contributed by atoms with Gasteiger partial charge in [-0.05, 0) is 66.1 Å². The molecule has 0 radical (unpaired) electrons. The Balaban J connectivity index is 1.54. The third-order valence-electron chi connectivity index (χ3n) is 5.83. The third-order valence-corrected chi connectivity index (χ3v) is 7.16. The van der Waals surface area contributed by atoms with E-state index in [9.17, 15) is 9.59 Å². The molecule has 0 bridgehead atoms. The normalized spacial score (nSPS) is 15.8. The zero-order valence-corrected chi connectivity index (χ0v) is 19.5. The zero-order valence-electron chi connectivity index (χ0n) is 18.0. The first-order valence-electron chi connectivity index (χ1n) is 10.6. The van der Waals surface area contributed by atoms with Crippen molar-refractivity contribution in [2.45, 2.75) is 17.9 Å². The molecule has 2 aliphatic rings. The zero-order chi connectivity index (χ0) is 22.9. The SMILES string of the molecule is COc1ccc(N2C(=O)C(Sc3ccc(Cl)cc3)=C(N3CCc4ccccc4C3)C2=O)cc1. The summed E-state index contributed by atoms with van der Waals surface area (Å²) in [7, 11) is 1.58. The number of carbonyl (C=O) groups excluding carboxylic acids is 2. The first kappa shape index (κ1) is 21.6. The summed E-state index contributed by atoms with van der Waals surface area (Å²) in [6.07, 6.45) is 0.822. The monoisotopic (exact) mass is 476 g/mol. The van der Waals surface area contributed by atoms with Gasteiger partial charge in [0.25, 0.3) is 11.8 Å². The van der Waals surface area contributed by atoms with Crippen LogP contribution < -0.4 is 9.64 Å². The summed E-state index contributed by atoms with van der Waals surface area (Å²) in [5.74, 6) is 0.0365. The number of ether oxygens (including phenoxy) is 1. The number of halogens is 1. The van der Waals surface area contributed by atoms with Crippen molar-refractivity contribution in [3.63, 3.8) is 0 Å². The number of amides is 2. The van der Waals surface area contributed by atoms with Crippen LogP contribution in [-0.4, -0.2) is 30.4 Å². The van der Waals surface area contributed by atoms with Crippen LogP contribution in [-0.2, 0) is 22.6 Å². The number of thioether (sulfide) groups is 1. The van der Waals surface area contributed by atoms with Crippen LogP contribution in [0.5, 0.6) is 5.75 Å². The van der Waals surface area contributed by atoms with Gasteiger partial charge in [0.2, 0.25) is 0 Å². The van der Waals surface area contributed by atoms with Crippen molar-refractivity contribution in [2.24, 2.45) is 0 Å². The van der Waals surface area contributed by atoms with E-state index in [1.54, 1.807) is 43.5 Å². The fraction of sp³-hybridized carbons (Fsp3) is 0.154. The van der Waals surface area contributed by atoms with E-state index in [0.717, 1.165) is 11.3 Å². The summed E-state index contributed by atoms with van der Waals surface area (Å²) in [5.41, 5.74) is 3.43. The van der Waals surface area contributed by atoms with Gasteiger partial charge < -0.3 is 9.64 Å². The minimum absolute atomic E-state index is 0.305. The van der Waals surface area contributed by atoms with Crippen molar-refractivity contribution in [2.75, 3.05) is 18.6 Å². The molecule has 2 amide bonds. The van der Waals surface area contributed by atoms with Crippen LogP contribution in [0.1, 0.15) is 11.1 Å². The average molecular weight is 477 g/mol. The Labute approximate surface area is 201 Å². The van der Waals surface area contributed by atoms with Crippen LogP contribution >= 0.6 is 23.4 Å². The van der Waals surface area contributed by atoms with Crippen molar-refractivity contribution in [3.8, 4) is 5.75 Å². The molecule has 0 saturated carbocycles. The molecule has 3 aromatic rings. The van der Waals surface area contributed by atoms with Crippen molar-refractivity contribution in [1.29, 1.82) is 0 Å². The summed E-state index contributed by atoms with van der Waals surface area (Å²) in [6.45, 7) is 1.26. The number of anilines is 1. The average Bonchev–Trinajstić information content (AvgIpc) is 3.09. The smallest absolute Gasteiger partial charge is 0.283 e. The van der Waals surface area contributed by atoms with Crippen molar-refractivity contribution in [3.05, 3.63) is 99.5 Å². The second-order valence-corrected chi connectivity index (χ2v) is 9.34. The van der Waals surface area contributed by atoms with Crippen molar-refractivity contribution in [1.82, 2.24) is 4.90 Å². The molecule has 0 aromatic heterocycles. The van der Waals surface area contributed by atoms with Gasteiger partial charge in [-0.2, -0.15) is 0 Å². The van der Waals surface area contributed by atoms with Gasteiger partial charge in [-0.25, -0.2) is 4.90 Å². The lowest BCUT2D eigenvalue weighted by Crippen LogP contribution is -2.37. The van der Waals surface area contributed by atoms with E-state index >= 15 is 0 Å². The standard InChI is InChI=1S/C26H21ClN2O3S/c1-32-21-10-8-20(9-11-21)29-25(30)23(28-15-14-17-4-2-3-5-18(17)16-28)24(26(29)31)33-22-12-6-19(27)7-13-22/h2-13H,14-16H2,1H3. The molecule has 0 fully saturated rings. The molecule has 33 heavy (non-hydrogen) atoms. The number of benzene rings is 3. The van der Waals surface area contributed by atoms with Gasteiger partial charge in [-0.15, -0.1) is 0 Å². The van der Waals surface area contributed by atoms with E-state index in [1.807, 2.05) is 29.2 Å². The second kappa shape index (κ2) is 8.96. The van der Waals surface area contributed by atoms with Crippen LogP contribution in [0.15, 0.2) is 88.3 Å². The molecular weight excluding hydrogens is 456 g/mol. The van der Waals surface area contributed by atoms with Crippen molar-refractivity contribution >= 4 is 40.9 Å². The fourth-order valence-corrected chi connectivity index (χ4v) is 5.27. The highest BCUT2D eigenvalue weighted by atomic mass is 35.5. The Bertz CT molecular complexity index is 1260. The number of carbonyl (C=O) groups is 2. The highest BCUT2D eigenvalue weighted by molar-refractivity contribution is 8.04. The summed E-state index contributed by atoms with van der Waals surface area (Å²) < 4.78 is 5.22. The molecule has 166 valence electrons. The van der Waals surface area contributed by atoms with Gasteiger partial charge in [-0.1, -0.05) is 47.6 Å². The molecule has 5 nitrogen and oxygen atoms in total. The topological polar surface area (TPSA) is 49.9 Å². The minimum atomic E-state index is -0.320. The Morgan fingerprint density at radius 2 is 1.58 bits per heavy atom. The van der Waals surface area contributed by atoms with E-state index in [4.69, 9.17) is 16.3 Å². The highest BCUT2D eigenvalue weighted by Gasteiger charge is 2.43. The van der Waals surface area contributed by atoms with Gasteiger partial charge in [-0.3, -0.25) is 9.59 Å². The maximum absolute atomic E-state index is 13.7. The van der Waals surface area contributed by atoms with E-state index in [-0.39, 0.29) is 11.8 Å². The molecule has 0 spiro atoms. The molecule has 0 atom stereocenters. The molecular formula is C26H21ClN2O3S. The molecule has 5 rings (SSSR count). The first-order valence-corrected chi connectivity index (χ1v) is 11.8. The molecule has 2 heterocycles. The molecule has 0 aliphatic carbocycles. The van der Waals surface area contributed by atoms with Gasteiger partial charge >= 0.3 is 0 Å². The Hall–Kier alpha value is -3.22. The maximum atomic E-state index is 13.7. The first-order chi connectivity index (χ1) is 16.0. The summed E-state index contributed by atoms with van der Waals surface area (Å²) in [4.78, 5) is 31.8. The Morgan fingerprint density at radius 3 is 2.27 bits per heavy atom. The predicted molar refractivity (Wildman–Crippen MR) is 130 cm³/mol. The van der Waals surface area contributed by atoms with Gasteiger partial charge in [0.15, 0.2) is 0 Å². The molecule has 2 aliphatic heterocycles. The number of methoxy groups -OCH3 is 1. The molecule has 0 saturated heterocycles. The summed E-state index contributed by atoms with van der Waals surface area (Å²) >= 11 is 7.34. The summed E-state index contributed by atoms with van der Waals surface area (Å²) in [5, 5.41) is 0.620. The van der Waals surface area contributed by atoms with Crippen LogP contribution in [0, 0.1) is 0 Å². The van der Waals surface area contributed by atoms with Crippen LogP contribution in [0.2, 0.25) is 5.02 Å². The number of hydrogen-bond acceptors (Lipinski definition) is 5. The number of fused-ring (bicyclic) bond motifs is 1. The molecule has 0 unspecified atom stereocenters. The van der Waals surface area contributed by atoms with Gasteiger partial charge in [0.05, 0.1) is 12.8 Å². The summed E-state index contributed by atoms with van der Waals surface area (Å²) in [6, 6.07) is 22.5. The van der Waals surface area contributed by atoms with E-state index < -0.39 is 0 Å². The maximum Gasteiger partial charge on any atom is 0.283 e. The lowest BCUT2D eigenvalue weighted by molar-refractivity contribution is -0.121. The van der Waals surface area contributed by atoms with E-state index in [1.165, 1.54) is 27.8 Å². The van der Waals surface area contributed by atoms with Crippen LogP contribution in [0.3, 0.4) is 0 Å². The number of nitrogens with zero attached hydrogens (tertiary/aromatic N) is 2. The lowest BCUT2D eigenvalue weighted by atomic mass is 9.99. The van der Waals surface area contributed by atoms with Crippen LogP contribution in [0.25, 0.3) is 0 Å². The predicted octanol–water partition coefficient (Wildman–Crippen LogP) is 5.28. The number of imide groups is 1. The Morgan fingerprint density at radius 1 is 0.879 bits per heavy atom. The second-order valence-electron chi connectivity index (χ2n) is 7.82. The highest BCUT2D eigenvalue weighted by Crippen LogP contribution is 2.40. The van der Waals surface area contributed by atoms with Gasteiger partial charge in [0.1, 0.15) is 16.4 Å². The molecule has 3 aromatic carbocycles. The quantitative estimate of drug-likeness (QED) is 0.469. The molecule has 7 heteroatoms. The van der Waals surface area contributed by atoms with E-state index in [0.29, 0.717) is 40.2 Å². The number of rotatable bonds is 5. The van der Waals surface area contributed by atoms with Gasteiger partial charge in [0, 0.05) is 23.0 Å². The fourth-order valence-electron chi connectivity index (χ4n) is 4.14.